The largest absolute Gasteiger partial charge is 0.508 e. The van der Waals surface area contributed by atoms with Crippen molar-refractivity contribution in [2.45, 2.75) is 31.7 Å². The van der Waals surface area contributed by atoms with Gasteiger partial charge in [-0.15, -0.1) is 0 Å². The zero-order chi connectivity index (χ0) is 19.7. The van der Waals surface area contributed by atoms with Gasteiger partial charge in [0, 0.05) is 13.1 Å². The Hall–Kier alpha value is -3.49. The molecule has 0 amide bonds. The first-order chi connectivity index (χ1) is 13.5. The molecule has 2 N–H and O–H groups in total. The van der Waals surface area contributed by atoms with Crippen molar-refractivity contribution in [1.82, 2.24) is 19.1 Å². The molecule has 0 aliphatic heterocycles. The van der Waals surface area contributed by atoms with Gasteiger partial charge in [-0.25, -0.2) is 10.4 Å². The van der Waals surface area contributed by atoms with Crippen molar-refractivity contribution in [2.75, 3.05) is 5.43 Å². The predicted octanol–water partition coefficient (Wildman–Crippen LogP) is 1.76. The second-order valence-electron chi connectivity index (χ2n) is 6.84. The molecule has 1 saturated carbocycles. The summed E-state index contributed by atoms with van der Waals surface area (Å²) in [5.41, 5.74) is 3.34. The van der Waals surface area contributed by atoms with E-state index in [1.54, 1.807) is 37.5 Å². The summed E-state index contributed by atoms with van der Waals surface area (Å²) in [7, 11) is 1.55. The Labute approximate surface area is 160 Å². The fourth-order valence-electron chi connectivity index (χ4n) is 3.51. The van der Waals surface area contributed by atoms with Gasteiger partial charge in [-0.05, 0) is 42.7 Å². The highest BCUT2D eigenvalue weighted by Gasteiger charge is 2.23. The lowest BCUT2D eigenvalue weighted by Crippen LogP contribution is -2.42. The van der Waals surface area contributed by atoms with E-state index in [0.29, 0.717) is 11.2 Å². The molecular formula is C19H20N6O3. The maximum atomic E-state index is 12.6. The van der Waals surface area contributed by atoms with E-state index in [-0.39, 0.29) is 17.7 Å². The third kappa shape index (κ3) is 3.26. The number of aromatic nitrogens is 4. The SMILES string of the molecule is Cn1c(=O)c(=O)n(C2CCCC2)c2nc(NN=Cc3ccc(O)cc3)ncc21. The van der Waals surface area contributed by atoms with E-state index in [4.69, 9.17) is 0 Å². The number of phenols is 1. The number of nitrogens with one attached hydrogen (secondary N) is 1. The van der Waals surface area contributed by atoms with Crippen molar-refractivity contribution < 1.29 is 5.11 Å². The highest BCUT2D eigenvalue weighted by molar-refractivity contribution is 5.80. The topological polar surface area (TPSA) is 114 Å². The summed E-state index contributed by atoms with van der Waals surface area (Å²) in [6, 6.07) is 6.54. The number of hydrogen-bond donors (Lipinski definition) is 2. The van der Waals surface area contributed by atoms with E-state index in [0.717, 1.165) is 31.2 Å². The minimum absolute atomic E-state index is 0.0212. The fourth-order valence-corrected chi connectivity index (χ4v) is 3.51. The summed E-state index contributed by atoms with van der Waals surface area (Å²) < 4.78 is 2.80. The summed E-state index contributed by atoms with van der Waals surface area (Å²) in [6.45, 7) is 0. The second-order valence-corrected chi connectivity index (χ2v) is 6.84. The molecule has 3 aromatic rings. The van der Waals surface area contributed by atoms with Gasteiger partial charge in [-0.3, -0.25) is 14.2 Å². The molecule has 0 radical (unpaired) electrons. The summed E-state index contributed by atoms with van der Waals surface area (Å²) in [5, 5.41) is 13.4. The molecule has 2 heterocycles. The van der Waals surface area contributed by atoms with Crippen LogP contribution >= 0.6 is 0 Å². The Balaban J connectivity index is 1.72. The molecule has 9 nitrogen and oxygen atoms in total. The number of hydrazone groups is 1. The van der Waals surface area contributed by atoms with E-state index in [9.17, 15) is 14.7 Å². The molecule has 2 aromatic heterocycles. The van der Waals surface area contributed by atoms with Crippen LogP contribution < -0.4 is 16.5 Å². The normalized spacial score (nSPS) is 14.9. The molecule has 0 spiro atoms. The number of aryl methyl sites for hydroxylation is 1. The van der Waals surface area contributed by atoms with Crippen LogP contribution in [-0.2, 0) is 7.05 Å². The lowest BCUT2D eigenvalue weighted by atomic mass is 10.2. The van der Waals surface area contributed by atoms with E-state index < -0.39 is 11.1 Å². The number of nitrogens with zero attached hydrogens (tertiary/aromatic N) is 5. The first-order valence-corrected chi connectivity index (χ1v) is 9.11. The van der Waals surface area contributed by atoms with Crippen molar-refractivity contribution in [1.29, 1.82) is 0 Å². The Bertz CT molecular complexity index is 1160. The van der Waals surface area contributed by atoms with E-state index in [1.807, 2.05) is 0 Å². The molecule has 1 aromatic carbocycles. The van der Waals surface area contributed by atoms with E-state index in [2.05, 4.69) is 20.5 Å². The van der Waals surface area contributed by atoms with Gasteiger partial charge in [0.05, 0.1) is 12.4 Å². The van der Waals surface area contributed by atoms with Crippen molar-refractivity contribution in [3.63, 3.8) is 0 Å². The van der Waals surface area contributed by atoms with Crippen LogP contribution in [0.3, 0.4) is 0 Å². The zero-order valence-corrected chi connectivity index (χ0v) is 15.4. The van der Waals surface area contributed by atoms with Crippen LogP contribution in [0, 0.1) is 0 Å². The van der Waals surface area contributed by atoms with Crippen LogP contribution in [0.25, 0.3) is 11.2 Å². The first-order valence-electron chi connectivity index (χ1n) is 9.11. The molecular weight excluding hydrogens is 360 g/mol. The third-order valence-electron chi connectivity index (χ3n) is 5.01. The Morgan fingerprint density at radius 2 is 1.89 bits per heavy atom. The van der Waals surface area contributed by atoms with Crippen molar-refractivity contribution >= 4 is 23.3 Å². The second kappa shape index (κ2) is 7.26. The molecule has 0 atom stereocenters. The Kier molecular flexibility index (Phi) is 4.64. The lowest BCUT2D eigenvalue weighted by molar-refractivity contribution is 0.475. The molecule has 4 rings (SSSR count). The van der Waals surface area contributed by atoms with Crippen LogP contribution in [0.4, 0.5) is 5.95 Å². The molecule has 0 saturated heterocycles. The van der Waals surface area contributed by atoms with Gasteiger partial charge in [-0.1, -0.05) is 12.8 Å². The number of aromatic hydroxyl groups is 1. The van der Waals surface area contributed by atoms with E-state index >= 15 is 0 Å². The molecule has 0 bridgehead atoms. The van der Waals surface area contributed by atoms with Gasteiger partial charge in [-0.2, -0.15) is 10.1 Å². The molecule has 1 fully saturated rings. The maximum absolute atomic E-state index is 12.6. The van der Waals surface area contributed by atoms with Crippen LogP contribution in [0.1, 0.15) is 37.3 Å². The molecule has 28 heavy (non-hydrogen) atoms. The predicted molar refractivity (Wildman–Crippen MR) is 106 cm³/mol. The molecule has 1 aliphatic rings. The molecule has 1 aliphatic carbocycles. The summed E-state index contributed by atoms with van der Waals surface area (Å²) in [6.07, 6.45) is 6.86. The van der Waals surface area contributed by atoms with Gasteiger partial charge in [0.15, 0.2) is 5.65 Å². The van der Waals surface area contributed by atoms with Crippen molar-refractivity contribution in [2.24, 2.45) is 12.1 Å². The number of hydrogen-bond acceptors (Lipinski definition) is 7. The fraction of sp³-hybridized carbons (Fsp3) is 0.316. The van der Waals surface area contributed by atoms with E-state index in [1.165, 1.54) is 15.3 Å². The van der Waals surface area contributed by atoms with Gasteiger partial charge < -0.3 is 9.67 Å². The van der Waals surface area contributed by atoms with Crippen molar-refractivity contribution in [3.05, 3.63) is 56.7 Å². The van der Waals surface area contributed by atoms with Gasteiger partial charge in [0.1, 0.15) is 11.3 Å². The Morgan fingerprint density at radius 1 is 1.18 bits per heavy atom. The summed E-state index contributed by atoms with van der Waals surface area (Å²) >= 11 is 0. The summed E-state index contributed by atoms with van der Waals surface area (Å²) in [5.74, 6) is 0.408. The van der Waals surface area contributed by atoms with Gasteiger partial charge in [0.2, 0.25) is 5.95 Å². The number of rotatable bonds is 4. The summed E-state index contributed by atoms with van der Waals surface area (Å²) in [4.78, 5) is 33.6. The zero-order valence-electron chi connectivity index (χ0n) is 15.4. The highest BCUT2D eigenvalue weighted by Crippen LogP contribution is 2.29. The average Bonchev–Trinajstić information content (AvgIpc) is 3.22. The highest BCUT2D eigenvalue weighted by atomic mass is 16.3. The molecule has 144 valence electrons. The van der Waals surface area contributed by atoms with Gasteiger partial charge >= 0.3 is 11.1 Å². The van der Waals surface area contributed by atoms with Crippen LogP contribution in [-0.4, -0.2) is 30.4 Å². The van der Waals surface area contributed by atoms with Gasteiger partial charge in [0.25, 0.3) is 0 Å². The quantitative estimate of drug-likeness (QED) is 0.405. The first kappa shape index (κ1) is 17.9. The maximum Gasteiger partial charge on any atom is 0.318 e. The average molecular weight is 380 g/mol. The molecule has 0 unspecified atom stereocenters. The van der Waals surface area contributed by atoms with Crippen LogP contribution in [0.15, 0.2) is 45.2 Å². The van der Waals surface area contributed by atoms with Crippen molar-refractivity contribution in [3.8, 4) is 5.75 Å². The van der Waals surface area contributed by atoms with Crippen LogP contribution in [0.2, 0.25) is 0 Å². The minimum Gasteiger partial charge on any atom is -0.508 e. The smallest absolute Gasteiger partial charge is 0.318 e. The van der Waals surface area contributed by atoms with Crippen LogP contribution in [0.5, 0.6) is 5.75 Å². The monoisotopic (exact) mass is 380 g/mol. The number of anilines is 1. The Morgan fingerprint density at radius 3 is 2.61 bits per heavy atom. The number of benzene rings is 1. The molecule has 9 heteroatoms. The standard InChI is InChI=1S/C19H20N6O3/c1-24-15-11-20-19(23-21-10-12-6-8-14(26)9-7-12)22-16(15)25(18(28)17(24)27)13-4-2-3-5-13/h6-11,13,26H,2-5H2,1H3,(H,20,22,23). The number of phenolic OH excluding ortho intramolecular Hbond substituents is 1. The minimum atomic E-state index is -0.575. The lowest BCUT2D eigenvalue weighted by Gasteiger charge is -2.17. The number of fused-ring (bicyclic) bond motifs is 1. The third-order valence-corrected chi connectivity index (χ3v) is 5.01.